The molecule has 0 bridgehead atoms. The Morgan fingerprint density at radius 1 is 0.868 bits per heavy atom. The second-order valence-electron chi connectivity index (χ2n) is 9.07. The van der Waals surface area contributed by atoms with Crippen LogP contribution >= 0.6 is 23.1 Å². The Hall–Kier alpha value is -3.88. The van der Waals surface area contributed by atoms with Crippen LogP contribution in [0.3, 0.4) is 0 Å². The fourth-order valence-electron chi connectivity index (χ4n) is 3.91. The van der Waals surface area contributed by atoms with E-state index in [9.17, 15) is 4.79 Å². The fourth-order valence-corrected chi connectivity index (χ4v) is 5.36. The summed E-state index contributed by atoms with van der Waals surface area (Å²) in [4.78, 5) is 22.9. The molecular formula is C30H27N5OS2. The van der Waals surface area contributed by atoms with E-state index in [0.717, 1.165) is 28.1 Å². The number of hydrogen-bond donors (Lipinski definition) is 1. The molecule has 0 saturated heterocycles. The maximum atomic E-state index is 12.7. The summed E-state index contributed by atoms with van der Waals surface area (Å²) in [6.45, 7) is 4.38. The zero-order valence-corrected chi connectivity index (χ0v) is 22.8. The minimum Gasteiger partial charge on any atom is -0.301 e. The highest BCUT2D eigenvalue weighted by atomic mass is 32.2. The van der Waals surface area contributed by atoms with Crippen LogP contribution in [-0.2, 0) is 11.2 Å². The van der Waals surface area contributed by atoms with Gasteiger partial charge in [0.2, 0.25) is 11.1 Å². The molecule has 0 radical (unpaired) electrons. The smallest absolute Gasteiger partial charge is 0.236 e. The van der Waals surface area contributed by atoms with E-state index in [-0.39, 0.29) is 11.7 Å². The van der Waals surface area contributed by atoms with E-state index in [2.05, 4.69) is 58.6 Å². The first kappa shape index (κ1) is 25.8. The summed E-state index contributed by atoms with van der Waals surface area (Å²) in [6, 6.07) is 28.4. The van der Waals surface area contributed by atoms with Crippen LogP contribution < -0.4 is 5.32 Å². The van der Waals surface area contributed by atoms with Crippen molar-refractivity contribution in [1.29, 1.82) is 0 Å². The zero-order valence-electron chi connectivity index (χ0n) is 21.2. The molecule has 38 heavy (non-hydrogen) atoms. The van der Waals surface area contributed by atoms with Crippen LogP contribution in [0.5, 0.6) is 0 Å². The van der Waals surface area contributed by atoms with Gasteiger partial charge in [-0.15, -0.1) is 21.5 Å². The number of carbonyl (C=O) groups excluding carboxylic acids is 1. The fraction of sp³-hybridized carbons (Fsp3) is 0.167. The van der Waals surface area contributed by atoms with Crippen molar-refractivity contribution in [3.8, 4) is 22.5 Å². The number of nitrogens with one attached hydrogen (secondary N) is 1. The number of thioether (sulfide) groups is 1. The lowest BCUT2D eigenvalue weighted by Gasteiger charge is -2.09. The minimum absolute atomic E-state index is 0.158. The highest BCUT2D eigenvalue weighted by Crippen LogP contribution is 2.30. The van der Waals surface area contributed by atoms with Crippen LogP contribution in [0, 0.1) is 0 Å². The monoisotopic (exact) mass is 537 g/mol. The summed E-state index contributed by atoms with van der Waals surface area (Å²) in [5, 5.41) is 12.7. The average molecular weight is 538 g/mol. The molecule has 0 spiro atoms. The van der Waals surface area contributed by atoms with Crippen molar-refractivity contribution in [3.63, 3.8) is 0 Å². The van der Waals surface area contributed by atoms with E-state index in [4.69, 9.17) is 4.98 Å². The third-order valence-electron chi connectivity index (χ3n) is 5.92. The summed E-state index contributed by atoms with van der Waals surface area (Å²) < 4.78 is 0. The molecule has 1 amide bonds. The molecule has 8 heteroatoms. The Balaban J connectivity index is 1.23. The van der Waals surface area contributed by atoms with Gasteiger partial charge in [-0.3, -0.25) is 4.79 Å². The van der Waals surface area contributed by atoms with Crippen molar-refractivity contribution >= 4 is 34.1 Å². The first-order valence-corrected chi connectivity index (χ1v) is 14.2. The van der Waals surface area contributed by atoms with Gasteiger partial charge >= 0.3 is 0 Å². The number of thiazole rings is 1. The largest absolute Gasteiger partial charge is 0.301 e. The first-order chi connectivity index (χ1) is 18.5. The molecule has 190 valence electrons. The third kappa shape index (κ3) is 6.51. The van der Waals surface area contributed by atoms with E-state index in [1.807, 2.05) is 66.9 Å². The number of anilines is 1. The van der Waals surface area contributed by atoms with E-state index in [1.54, 1.807) is 0 Å². The van der Waals surface area contributed by atoms with E-state index < -0.39 is 0 Å². The molecule has 3 aromatic carbocycles. The third-order valence-corrected chi connectivity index (χ3v) is 7.67. The summed E-state index contributed by atoms with van der Waals surface area (Å²) >= 11 is 2.75. The highest BCUT2D eigenvalue weighted by Gasteiger charge is 2.15. The molecule has 0 unspecified atom stereocenters. The summed E-state index contributed by atoms with van der Waals surface area (Å²) in [7, 11) is 0. The average Bonchev–Trinajstić information content (AvgIpc) is 3.39. The number of carbonyl (C=O) groups is 1. The normalized spacial score (nSPS) is 11.0. The Kier molecular flexibility index (Phi) is 8.21. The van der Waals surface area contributed by atoms with Gasteiger partial charge in [-0.1, -0.05) is 111 Å². The Morgan fingerprint density at radius 3 is 2.18 bits per heavy atom. The van der Waals surface area contributed by atoms with Crippen LogP contribution in [0.15, 0.2) is 96.3 Å². The van der Waals surface area contributed by atoms with Crippen LogP contribution in [0.25, 0.3) is 22.5 Å². The molecule has 5 rings (SSSR count). The summed E-state index contributed by atoms with van der Waals surface area (Å²) in [5.41, 5.74) is 5.89. The molecule has 0 aliphatic heterocycles. The van der Waals surface area contributed by atoms with Crippen LogP contribution in [0.1, 0.15) is 35.8 Å². The lowest BCUT2D eigenvalue weighted by atomic mass is 10.0. The van der Waals surface area contributed by atoms with Gasteiger partial charge in [0, 0.05) is 28.6 Å². The van der Waals surface area contributed by atoms with Gasteiger partial charge in [-0.2, -0.15) is 0 Å². The Labute approximate surface area is 230 Å². The molecule has 5 aromatic rings. The lowest BCUT2D eigenvalue weighted by molar-refractivity contribution is -0.113. The molecular weight excluding hydrogens is 510 g/mol. The molecule has 0 atom stereocenters. The highest BCUT2D eigenvalue weighted by molar-refractivity contribution is 7.99. The van der Waals surface area contributed by atoms with Crippen molar-refractivity contribution in [3.05, 3.63) is 107 Å². The lowest BCUT2D eigenvalue weighted by Crippen LogP contribution is -2.14. The minimum atomic E-state index is -0.158. The molecule has 0 saturated carbocycles. The number of aromatic nitrogens is 4. The number of hydrogen-bond acceptors (Lipinski definition) is 7. The quantitative estimate of drug-likeness (QED) is 0.202. The van der Waals surface area contributed by atoms with E-state index in [1.165, 1.54) is 34.2 Å². The molecule has 0 aliphatic rings. The number of nitrogens with zero attached hydrogens (tertiary/aromatic N) is 4. The summed E-state index contributed by atoms with van der Waals surface area (Å²) in [5.74, 6) is 0.515. The van der Waals surface area contributed by atoms with Gasteiger partial charge in [0.25, 0.3) is 0 Å². The Bertz CT molecular complexity index is 1500. The van der Waals surface area contributed by atoms with Gasteiger partial charge in [-0.05, 0) is 17.0 Å². The van der Waals surface area contributed by atoms with Crippen molar-refractivity contribution in [1.82, 2.24) is 20.2 Å². The number of benzene rings is 3. The standard InChI is InChI=1S/C30H27N5OS2/c1-20(2)22-15-13-21(14-16-22)17-25-18-31-29(38-25)32-26(36)19-37-30-33-27(23-9-5-3-6-10-23)28(34-35-30)24-11-7-4-8-12-24/h3-16,18,20H,17,19H2,1-2H3,(H,31,32,36). The summed E-state index contributed by atoms with van der Waals surface area (Å²) in [6.07, 6.45) is 2.61. The molecule has 6 nitrogen and oxygen atoms in total. The SMILES string of the molecule is CC(C)c1ccc(Cc2cnc(NC(=O)CSc3nnc(-c4ccccc4)c(-c4ccccc4)n3)s2)cc1. The predicted octanol–water partition coefficient (Wildman–Crippen LogP) is 7.11. The van der Waals surface area contributed by atoms with Crippen molar-refractivity contribution in [2.24, 2.45) is 0 Å². The molecule has 0 fully saturated rings. The van der Waals surface area contributed by atoms with Crippen molar-refractivity contribution in [2.75, 3.05) is 11.1 Å². The molecule has 1 N–H and O–H groups in total. The van der Waals surface area contributed by atoms with Gasteiger partial charge < -0.3 is 5.32 Å². The van der Waals surface area contributed by atoms with Gasteiger partial charge in [-0.25, -0.2) is 9.97 Å². The predicted molar refractivity (Wildman–Crippen MR) is 156 cm³/mol. The van der Waals surface area contributed by atoms with Crippen molar-refractivity contribution in [2.45, 2.75) is 31.3 Å². The number of amides is 1. The van der Waals surface area contributed by atoms with Crippen LogP contribution in [-0.4, -0.2) is 31.8 Å². The van der Waals surface area contributed by atoms with Crippen LogP contribution in [0.2, 0.25) is 0 Å². The second kappa shape index (κ2) is 12.1. The maximum absolute atomic E-state index is 12.7. The van der Waals surface area contributed by atoms with Crippen molar-refractivity contribution < 1.29 is 4.79 Å². The van der Waals surface area contributed by atoms with Gasteiger partial charge in [0.1, 0.15) is 11.4 Å². The van der Waals surface area contributed by atoms with Gasteiger partial charge in [0.05, 0.1) is 5.75 Å². The topological polar surface area (TPSA) is 80.7 Å². The molecule has 2 heterocycles. The zero-order chi connectivity index (χ0) is 26.3. The Morgan fingerprint density at radius 2 is 1.53 bits per heavy atom. The molecule has 0 aliphatic carbocycles. The molecule has 2 aromatic heterocycles. The van der Waals surface area contributed by atoms with Gasteiger partial charge in [0.15, 0.2) is 5.13 Å². The first-order valence-electron chi connectivity index (χ1n) is 12.4. The van der Waals surface area contributed by atoms with E-state index in [0.29, 0.717) is 21.9 Å². The number of rotatable bonds is 9. The maximum Gasteiger partial charge on any atom is 0.236 e. The van der Waals surface area contributed by atoms with E-state index >= 15 is 0 Å². The van der Waals surface area contributed by atoms with Crippen LogP contribution in [0.4, 0.5) is 5.13 Å². The second-order valence-corrected chi connectivity index (χ2v) is 11.1.